The summed E-state index contributed by atoms with van der Waals surface area (Å²) in [6.07, 6.45) is 0. The van der Waals surface area contributed by atoms with Crippen LogP contribution in [-0.4, -0.2) is 26.3 Å². The van der Waals surface area contributed by atoms with Crippen LogP contribution in [0.2, 0.25) is 0 Å². The van der Waals surface area contributed by atoms with E-state index in [0.29, 0.717) is 0 Å². The monoisotopic (exact) mass is 259 g/mol. The summed E-state index contributed by atoms with van der Waals surface area (Å²) in [5, 5.41) is 3.41. The van der Waals surface area contributed by atoms with E-state index in [0.717, 1.165) is 32.2 Å². The van der Waals surface area contributed by atoms with Crippen LogP contribution in [0.25, 0.3) is 0 Å². The van der Waals surface area contributed by atoms with Crippen LogP contribution in [0, 0.1) is 12.8 Å². The zero-order chi connectivity index (χ0) is 13.7. The number of aryl methyl sites for hydroxylation is 1. The average molecular weight is 259 g/mol. The van der Waals surface area contributed by atoms with Crippen molar-refractivity contribution in [2.24, 2.45) is 5.92 Å². The normalized spacial score (nSPS) is 22.7. The van der Waals surface area contributed by atoms with Gasteiger partial charge in [0.15, 0.2) is 0 Å². The van der Waals surface area contributed by atoms with Gasteiger partial charge < -0.3 is 10.1 Å². The molecule has 0 bridgehead atoms. The van der Waals surface area contributed by atoms with E-state index in [9.17, 15) is 0 Å². The van der Waals surface area contributed by atoms with Crippen molar-refractivity contribution in [1.82, 2.24) is 5.32 Å². The lowest BCUT2D eigenvalue weighted by molar-refractivity contribution is -0.101. The second-order valence-corrected chi connectivity index (χ2v) is 7.28. The third-order valence-electron chi connectivity index (χ3n) is 4.92. The van der Waals surface area contributed by atoms with Gasteiger partial charge in [-0.15, -0.1) is 0 Å². The number of rotatable bonds is 2. The molecule has 2 saturated heterocycles. The van der Waals surface area contributed by atoms with E-state index >= 15 is 0 Å². The first-order valence-corrected chi connectivity index (χ1v) is 7.33. The molecule has 1 aromatic carbocycles. The quantitative estimate of drug-likeness (QED) is 0.882. The fraction of sp³-hybridized carbons (Fsp3) is 0.647. The number of hydrogen-bond donors (Lipinski definition) is 1. The fourth-order valence-electron chi connectivity index (χ4n) is 3.24. The van der Waals surface area contributed by atoms with E-state index in [1.165, 1.54) is 16.7 Å². The lowest BCUT2D eigenvalue weighted by Crippen LogP contribution is -2.63. The molecule has 2 aliphatic rings. The van der Waals surface area contributed by atoms with Crippen LogP contribution in [0.5, 0.6) is 0 Å². The van der Waals surface area contributed by atoms with Crippen molar-refractivity contribution >= 4 is 0 Å². The predicted octanol–water partition coefficient (Wildman–Crippen LogP) is 2.78. The Morgan fingerprint density at radius 1 is 1.21 bits per heavy atom. The molecule has 0 atom stereocenters. The molecule has 104 valence electrons. The Kier molecular flexibility index (Phi) is 2.99. The van der Waals surface area contributed by atoms with E-state index in [2.05, 4.69) is 51.2 Å². The van der Waals surface area contributed by atoms with Crippen molar-refractivity contribution in [3.05, 3.63) is 34.9 Å². The second kappa shape index (κ2) is 4.32. The van der Waals surface area contributed by atoms with Gasteiger partial charge in [0.05, 0.1) is 13.2 Å². The predicted molar refractivity (Wildman–Crippen MR) is 78.7 cm³/mol. The first kappa shape index (κ1) is 13.1. The van der Waals surface area contributed by atoms with Crippen molar-refractivity contribution in [3.8, 4) is 0 Å². The highest BCUT2D eigenvalue weighted by Crippen LogP contribution is 2.43. The van der Waals surface area contributed by atoms with Crippen LogP contribution in [0.1, 0.15) is 37.5 Å². The Bertz CT molecular complexity index is 479. The average Bonchev–Trinajstić information content (AvgIpc) is 2.20. The SMILES string of the molecule is Cc1ccc(C(C)(C)C)cc1C1(C2CNC2)COC1. The molecule has 0 amide bonds. The molecule has 0 spiro atoms. The van der Waals surface area contributed by atoms with Crippen LogP contribution >= 0.6 is 0 Å². The second-order valence-electron chi connectivity index (χ2n) is 7.28. The summed E-state index contributed by atoms with van der Waals surface area (Å²) in [6.45, 7) is 13.2. The van der Waals surface area contributed by atoms with E-state index in [1.807, 2.05) is 0 Å². The van der Waals surface area contributed by atoms with Gasteiger partial charge in [-0.05, 0) is 34.9 Å². The number of benzene rings is 1. The molecule has 3 rings (SSSR count). The first-order chi connectivity index (χ1) is 8.93. The maximum Gasteiger partial charge on any atom is 0.0589 e. The third kappa shape index (κ3) is 2.02. The molecule has 1 aromatic rings. The highest BCUT2D eigenvalue weighted by atomic mass is 16.5. The molecular formula is C17H25NO. The smallest absolute Gasteiger partial charge is 0.0589 e. The van der Waals surface area contributed by atoms with Gasteiger partial charge in [0.1, 0.15) is 0 Å². The zero-order valence-electron chi connectivity index (χ0n) is 12.5. The Balaban J connectivity index is 2.03. The van der Waals surface area contributed by atoms with Crippen molar-refractivity contribution in [2.75, 3.05) is 26.3 Å². The standard InChI is InChI=1S/C17H25NO/c1-12-5-6-13(16(2,3)4)7-15(12)17(10-19-11-17)14-8-18-9-14/h5-7,14,18H,8-11H2,1-4H3. The van der Waals surface area contributed by atoms with Crippen molar-refractivity contribution in [2.45, 2.75) is 38.5 Å². The van der Waals surface area contributed by atoms with Crippen molar-refractivity contribution in [3.63, 3.8) is 0 Å². The minimum Gasteiger partial charge on any atom is -0.379 e. The van der Waals surface area contributed by atoms with E-state index in [1.54, 1.807) is 0 Å². The van der Waals surface area contributed by atoms with Gasteiger partial charge in [-0.1, -0.05) is 39.0 Å². The molecule has 0 saturated carbocycles. The molecule has 1 N–H and O–H groups in total. The van der Waals surface area contributed by atoms with E-state index < -0.39 is 0 Å². The summed E-state index contributed by atoms with van der Waals surface area (Å²) in [5.74, 6) is 0.746. The van der Waals surface area contributed by atoms with Crippen molar-refractivity contribution in [1.29, 1.82) is 0 Å². The molecule has 2 aliphatic heterocycles. The minimum absolute atomic E-state index is 0.214. The van der Waals surface area contributed by atoms with Crippen LogP contribution in [0.4, 0.5) is 0 Å². The highest BCUT2D eigenvalue weighted by molar-refractivity contribution is 5.42. The van der Waals surface area contributed by atoms with Gasteiger partial charge in [0.2, 0.25) is 0 Å². The molecule has 0 radical (unpaired) electrons. The Labute approximate surface area is 116 Å². The number of nitrogens with one attached hydrogen (secondary N) is 1. The third-order valence-corrected chi connectivity index (χ3v) is 4.92. The Hall–Kier alpha value is -0.860. The van der Waals surface area contributed by atoms with Gasteiger partial charge in [-0.25, -0.2) is 0 Å². The first-order valence-electron chi connectivity index (χ1n) is 7.33. The summed E-state index contributed by atoms with van der Waals surface area (Å²) in [7, 11) is 0. The van der Waals surface area contributed by atoms with Gasteiger partial charge in [-0.3, -0.25) is 0 Å². The molecule has 0 aliphatic carbocycles. The van der Waals surface area contributed by atoms with Crippen LogP contribution in [-0.2, 0) is 15.6 Å². The molecule has 19 heavy (non-hydrogen) atoms. The molecular weight excluding hydrogens is 234 g/mol. The maximum absolute atomic E-state index is 5.60. The lowest BCUT2D eigenvalue weighted by Gasteiger charge is -2.52. The van der Waals surface area contributed by atoms with E-state index in [-0.39, 0.29) is 10.8 Å². The van der Waals surface area contributed by atoms with Crippen LogP contribution in [0.3, 0.4) is 0 Å². The number of hydrogen-bond acceptors (Lipinski definition) is 2. The molecule has 0 aromatic heterocycles. The largest absolute Gasteiger partial charge is 0.379 e. The van der Waals surface area contributed by atoms with Gasteiger partial charge in [0, 0.05) is 18.5 Å². The van der Waals surface area contributed by atoms with Crippen LogP contribution in [0.15, 0.2) is 18.2 Å². The molecule has 2 heteroatoms. The van der Waals surface area contributed by atoms with Gasteiger partial charge in [0.25, 0.3) is 0 Å². The van der Waals surface area contributed by atoms with Gasteiger partial charge in [-0.2, -0.15) is 0 Å². The molecule has 2 heterocycles. The Morgan fingerprint density at radius 3 is 2.32 bits per heavy atom. The fourth-order valence-corrected chi connectivity index (χ4v) is 3.24. The molecule has 0 unspecified atom stereocenters. The summed E-state index contributed by atoms with van der Waals surface area (Å²) in [4.78, 5) is 0. The maximum atomic E-state index is 5.60. The van der Waals surface area contributed by atoms with Crippen molar-refractivity contribution < 1.29 is 4.74 Å². The molecule has 2 fully saturated rings. The summed E-state index contributed by atoms with van der Waals surface area (Å²) < 4.78 is 5.60. The Morgan fingerprint density at radius 2 is 1.89 bits per heavy atom. The number of ether oxygens (including phenoxy) is 1. The highest BCUT2D eigenvalue weighted by Gasteiger charge is 2.49. The minimum atomic E-state index is 0.214. The summed E-state index contributed by atoms with van der Waals surface area (Å²) in [6, 6.07) is 7.02. The van der Waals surface area contributed by atoms with Crippen LogP contribution < -0.4 is 5.32 Å². The molecule has 2 nitrogen and oxygen atoms in total. The zero-order valence-corrected chi connectivity index (χ0v) is 12.5. The summed E-state index contributed by atoms with van der Waals surface area (Å²) >= 11 is 0. The topological polar surface area (TPSA) is 21.3 Å². The lowest BCUT2D eigenvalue weighted by atomic mass is 9.64. The summed E-state index contributed by atoms with van der Waals surface area (Å²) in [5.41, 5.74) is 4.87. The van der Waals surface area contributed by atoms with Gasteiger partial charge >= 0.3 is 0 Å². The van der Waals surface area contributed by atoms with E-state index in [4.69, 9.17) is 4.74 Å².